The van der Waals surface area contributed by atoms with Gasteiger partial charge in [-0.2, -0.15) is 13.2 Å². The van der Waals surface area contributed by atoms with Crippen LogP contribution in [0.4, 0.5) is 13.2 Å². The molecule has 0 bridgehead atoms. The predicted molar refractivity (Wildman–Crippen MR) is 53.5 cm³/mol. The van der Waals surface area contributed by atoms with E-state index in [9.17, 15) is 18.0 Å². The van der Waals surface area contributed by atoms with Crippen LogP contribution in [0.25, 0.3) is 0 Å². The highest BCUT2D eigenvalue weighted by Gasteiger charge is 2.29. The third kappa shape index (κ3) is 5.36. The minimum atomic E-state index is -4.40. The van der Waals surface area contributed by atoms with Crippen molar-refractivity contribution in [3.05, 3.63) is 0 Å². The van der Waals surface area contributed by atoms with Gasteiger partial charge in [0.05, 0.1) is 12.2 Å². The molecule has 0 radical (unpaired) electrons. The highest BCUT2D eigenvalue weighted by Crippen LogP contribution is 2.15. The SMILES string of the molecule is CC1CN(C(=O)COCC(F)(F)F)CC(C)O1. The molecule has 0 aromatic heterocycles. The van der Waals surface area contributed by atoms with Gasteiger partial charge in [-0.1, -0.05) is 0 Å². The smallest absolute Gasteiger partial charge is 0.372 e. The lowest BCUT2D eigenvalue weighted by atomic mass is 10.2. The second kappa shape index (κ2) is 5.68. The lowest BCUT2D eigenvalue weighted by Gasteiger charge is -2.35. The zero-order chi connectivity index (χ0) is 13.1. The van der Waals surface area contributed by atoms with E-state index in [-0.39, 0.29) is 12.2 Å². The van der Waals surface area contributed by atoms with Gasteiger partial charge in [-0.3, -0.25) is 4.79 Å². The van der Waals surface area contributed by atoms with Crippen molar-refractivity contribution in [2.75, 3.05) is 26.3 Å². The quantitative estimate of drug-likeness (QED) is 0.760. The molecule has 2 atom stereocenters. The molecule has 17 heavy (non-hydrogen) atoms. The summed E-state index contributed by atoms with van der Waals surface area (Å²) in [5.41, 5.74) is 0. The molecule has 0 aromatic carbocycles. The zero-order valence-corrected chi connectivity index (χ0v) is 9.79. The third-order valence-corrected chi connectivity index (χ3v) is 2.26. The maximum Gasteiger partial charge on any atom is 0.411 e. The molecule has 1 fully saturated rings. The second-order valence-electron chi connectivity index (χ2n) is 4.16. The number of halogens is 3. The van der Waals surface area contributed by atoms with Crippen LogP contribution >= 0.6 is 0 Å². The monoisotopic (exact) mass is 255 g/mol. The fraction of sp³-hybridized carbons (Fsp3) is 0.900. The summed E-state index contributed by atoms with van der Waals surface area (Å²) in [7, 11) is 0. The third-order valence-electron chi connectivity index (χ3n) is 2.26. The molecule has 0 saturated carbocycles. The molecule has 1 rings (SSSR count). The Hall–Kier alpha value is -0.820. The summed E-state index contributed by atoms with van der Waals surface area (Å²) in [6, 6.07) is 0. The maximum atomic E-state index is 11.8. The first-order valence-corrected chi connectivity index (χ1v) is 5.35. The van der Waals surface area contributed by atoms with Crippen LogP contribution < -0.4 is 0 Å². The number of rotatable bonds is 3. The standard InChI is InChI=1S/C10H16F3NO3/c1-7-3-14(4-8(2)17-7)9(15)5-16-6-10(11,12)13/h7-8H,3-6H2,1-2H3. The summed E-state index contributed by atoms with van der Waals surface area (Å²) in [6.45, 7) is 2.46. The maximum absolute atomic E-state index is 11.8. The number of morpholine rings is 1. The van der Waals surface area contributed by atoms with Gasteiger partial charge in [0, 0.05) is 13.1 Å². The molecular weight excluding hydrogens is 239 g/mol. The Morgan fingerprint density at radius 3 is 2.35 bits per heavy atom. The second-order valence-corrected chi connectivity index (χ2v) is 4.16. The van der Waals surface area contributed by atoms with Crippen molar-refractivity contribution in [2.24, 2.45) is 0 Å². The van der Waals surface area contributed by atoms with Gasteiger partial charge in [0.25, 0.3) is 0 Å². The van der Waals surface area contributed by atoms with Gasteiger partial charge < -0.3 is 14.4 Å². The molecule has 0 N–H and O–H groups in total. The largest absolute Gasteiger partial charge is 0.411 e. The molecular formula is C10H16F3NO3. The zero-order valence-electron chi connectivity index (χ0n) is 9.79. The Morgan fingerprint density at radius 1 is 1.35 bits per heavy atom. The van der Waals surface area contributed by atoms with Crippen molar-refractivity contribution >= 4 is 5.91 Å². The van der Waals surface area contributed by atoms with Crippen molar-refractivity contribution in [2.45, 2.75) is 32.2 Å². The first-order chi connectivity index (χ1) is 7.78. The van der Waals surface area contributed by atoms with Crippen LogP contribution in [0.15, 0.2) is 0 Å². The van der Waals surface area contributed by atoms with Crippen LogP contribution in [0.2, 0.25) is 0 Å². The van der Waals surface area contributed by atoms with Gasteiger partial charge in [0.2, 0.25) is 5.91 Å². The van der Waals surface area contributed by atoms with E-state index in [1.165, 1.54) is 4.90 Å². The molecule has 0 aromatic rings. The minimum absolute atomic E-state index is 0.106. The van der Waals surface area contributed by atoms with Gasteiger partial charge in [-0.05, 0) is 13.8 Å². The number of carbonyl (C=O) groups is 1. The van der Waals surface area contributed by atoms with Crippen molar-refractivity contribution < 1.29 is 27.4 Å². The number of hydrogen-bond donors (Lipinski definition) is 0. The molecule has 1 aliphatic heterocycles. The van der Waals surface area contributed by atoms with Crippen LogP contribution in [0.1, 0.15) is 13.8 Å². The molecule has 2 unspecified atom stereocenters. The fourth-order valence-corrected chi connectivity index (χ4v) is 1.73. The van der Waals surface area contributed by atoms with Crippen LogP contribution in [0, 0.1) is 0 Å². The molecule has 1 saturated heterocycles. The Labute approximate surface area is 97.7 Å². The van der Waals surface area contributed by atoms with Crippen molar-refractivity contribution in [3.63, 3.8) is 0 Å². The van der Waals surface area contributed by atoms with E-state index >= 15 is 0 Å². The lowest BCUT2D eigenvalue weighted by molar-refractivity contribution is -0.180. The van der Waals surface area contributed by atoms with Crippen molar-refractivity contribution in [1.29, 1.82) is 0 Å². The van der Waals surface area contributed by atoms with Crippen LogP contribution in [0.3, 0.4) is 0 Å². The Balaban J connectivity index is 2.32. The molecule has 0 aliphatic carbocycles. The highest BCUT2D eigenvalue weighted by molar-refractivity contribution is 5.77. The van der Waals surface area contributed by atoms with E-state index in [2.05, 4.69) is 4.74 Å². The average molecular weight is 255 g/mol. The topological polar surface area (TPSA) is 38.8 Å². The fourth-order valence-electron chi connectivity index (χ4n) is 1.73. The Kier molecular flexibility index (Phi) is 4.76. The molecule has 1 aliphatic rings. The molecule has 100 valence electrons. The Morgan fingerprint density at radius 2 is 1.88 bits per heavy atom. The van der Waals surface area contributed by atoms with E-state index in [1.54, 1.807) is 0 Å². The number of nitrogens with zero attached hydrogens (tertiary/aromatic N) is 1. The van der Waals surface area contributed by atoms with E-state index < -0.39 is 25.3 Å². The number of hydrogen-bond acceptors (Lipinski definition) is 3. The summed E-state index contributed by atoms with van der Waals surface area (Å²) < 4.78 is 45.1. The molecule has 7 heteroatoms. The van der Waals surface area contributed by atoms with Crippen molar-refractivity contribution in [3.8, 4) is 0 Å². The van der Waals surface area contributed by atoms with Gasteiger partial charge in [0.15, 0.2) is 0 Å². The minimum Gasteiger partial charge on any atom is -0.372 e. The normalized spacial score (nSPS) is 26.1. The number of amides is 1. The summed E-state index contributed by atoms with van der Waals surface area (Å²) in [4.78, 5) is 13.0. The summed E-state index contributed by atoms with van der Waals surface area (Å²) >= 11 is 0. The molecule has 1 amide bonds. The summed E-state index contributed by atoms with van der Waals surface area (Å²) in [6.07, 6.45) is -4.61. The van der Waals surface area contributed by atoms with E-state index in [4.69, 9.17) is 4.74 Å². The van der Waals surface area contributed by atoms with Crippen LogP contribution in [0.5, 0.6) is 0 Å². The Bertz CT molecular complexity index is 260. The van der Waals surface area contributed by atoms with Crippen LogP contribution in [-0.2, 0) is 14.3 Å². The number of alkyl halides is 3. The van der Waals surface area contributed by atoms with Gasteiger partial charge in [-0.15, -0.1) is 0 Å². The van der Waals surface area contributed by atoms with E-state index in [0.29, 0.717) is 13.1 Å². The molecule has 1 heterocycles. The highest BCUT2D eigenvalue weighted by atomic mass is 19.4. The number of carbonyl (C=O) groups excluding carboxylic acids is 1. The first kappa shape index (κ1) is 14.2. The van der Waals surface area contributed by atoms with Crippen molar-refractivity contribution in [1.82, 2.24) is 4.90 Å². The van der Waals surface area contributed by atoms with Gasteiger partial charge in [0.1, 0.15) is 13.2 Å². The van der Waals surface area contributed by atoms with Gasteiger partial charge in [-0.25, -0.2) is 0 Å². The number of ether oxygens (including phenoxy) is 2. The lowest BCUT2D eigenvalue weighted by Crippen LogP contribution is -2.49. The van der Waals surface area contributed by atoms with E-state index in [1.807, 2.05) is 13.8 Å². The van der Waals surface area contributed by atoms with Crippen LogP contribution in [-0.4, -0.2) is 55.5 Å². The predicted octanol–water partition coefficient (Wildman–Crippen LogP) is 1.20. The molecule has 0 spiro atoms. The summed E-state index contributed by atoms with van der Waals surface area (Å²) in [5, 5.41) is 0. The first-order valence-electron chi connectivity index (χ1n) is 5.35. The van der Waals surface area contributed by atoms with Gasteiger partial charge >= 0.3 is 6.18 Å². The van der Waals surface area contributed by atoms with E-state index in [0.717, 1.165) is 0 Å². The molecule has 4 nitrogen and oxygen atoms in total. The average Bonchev–Trinajstić information content (AvgIpc) is 2.13. The summed E-state index contributed by atoms with van der Waals surface area (Å²) in [5.74, 6) is -0.434.